The molecular formula is C15H18N2O2S. The molecule has 1 heterocycles. The van der Waals surface area contributed by atoms with E-state index >= 15 is 0 Å². The van der Waals surface area contributed by atoms with E-state index in [4.69, 9.17) is 0 Å². The van der Waals surface area contributed by atoms with E-state index in [2.05, 4.69) is 5.32 Å². The number of amides is 2. The van der Waals surface area contributed by atoms with Crippen molar-refractivity contribution in [3.8, 4) is 0 Å². The van der Waals surface area contributed by atoms with Gasteiger partial charge in [-0.15, -0.1) is 0 Å². The minimum Gasteiger partial charge on any atom is -0.389 e. The molecule has 1 unspecified atom stereocenters. The molecule has 2 rings (SSSR count). The lowest BCUT2D eigenvalue weighted by atomic mass is 10.1. The van der Waals surface area contributed by atoms with E-state index in [1.165, 1.54) is 0 Å². The highest BCUT2D eigenvalue weighted by molar-refractivity contribution is 7.07. The van der Waals surface area contributed by atoms with Crippen molar-refractivity contribution in [2.75, 3.05) is 12.4 Å². The zero-order valence-electron chi connectivity index (χ0n) is 11.5. The number of nitrogens with one attached hydrogen (secondary N) is 1. The number of nitrogens with zero attached hydrogens (tertiary/aromatic N) is 1. The summed E-state index contributed by atoms with van der Waals surface area (Å²) in [7, 11) is 1.76. The lowest BCUT2D eigenvalue weighted by Crippen LogP contribution is -2.30. The molecule has 2 N–H and O–H groups in total. The van der Waals surface area contributed by atoms with E-state index in [1.807, 2.05) is 35.0 Å². The summed E-state index contributed by atoms with van der Waals surface area (Å²) >= 11 is 1.62. The number of hydrogen-bond donors (Lipinski definition) is 2. The van der Waals surface area contributed by atoms with Crippen molar-refractivity contribution >= 4 is 23.1 Å². The van der Waals surface area contributed by atoms with Crippen molar-refractivity contribution in [1.29, 1.82) is 0 Å². The standard InChI is InChI=1S/C15H18N2O2S/c1-11(18)13-4-3-5-14(8-13)16-15(19)17(2)9-12-6-7-20-10-12/h3-8,10-11,18H,9H2,1-2H3,(H,16,19). The van der Waals surface area contributed by atoms with Crippen molar-refractivity contribution in [3.05, 3.63) is 52.2 Å². The first-order valence-corrected chi connectivity index (χ1v) is 7.32. The lowest BCUT2D eigenvalue weighted by molar-refractivity contribution is 0.199. The third-order valence-corrected chi connectivity index (χ3v) is 3.70. The Hall–Kier alpha value is -1.85. The van der Waals surface area contributed by atoms with Gasteiger partial charge in [0.2, 0.25) is 0 Å². The van der Waals surface area contributed by atoms with Crippen LogP contribution in [-0.2, 0) is 6.54 Å². The SMILES string of the molecule is CC(O)c1cccc(NC(=O)N(C)Cc2ccsc2)c1. The molecule has 2 aromatic rings. The Morgan fingerprint density at radius 1 is 1.45 bits per heavy atom. The van der Waals surface area contributed by atoms with Crippen LogP contribution in [0.15, 0.2) is 41.1 Å². The van der Waals surface area contributed by atoms with Crippen LogP contribution in [0, 0.1) is 0 Å². The van der Waals surface area contributed by atoms with Crippen molar-refractivity contribution in [3.63, 3.8) is 0 Å². The molecule has 0 aliphatic heterocycles. The second-order valence-corrected chi connectivity index (χ2v) is 5.50. The Morgan fingerprint density at radius 2 is 2.25 bits per heavy atom. The normalized spacial score (nSPS) is 11.9. The van der Waals surface area contributed by atoms with Gasteiger partial charge in [0, 0.05) is 19.3 Å². The lowest BCUT2D eigenvalue weighted by Gasteiger charge is -2.18. The van der Waals surface area contributed by atoms with E-state index in [-0.39, 0.29) is 6.03 Å². The summed E-state index contributed by atoms with van der Waals surface area (Å²) in [6.45, 7) is 2.27. The van der Waals surface area contributed by atoms with E-state index in [0.717, 1.165) is 11.1 Å². The van der Waals surface area contributed by atoms with Gasteiger partial charge in [-0.2, -0.15) is 11.3 Å². The molecule has 4 nitrogen and oxygen atoms in total. The number of carbonyl (C=O) groups excluding carboxylic acids is 1. The van der Waals surface area contributed by atoms with E-state index < -0.39 is 6.10 Å². The molecule has 0 spiro atoms. The summed E-state index contributed by atoms with van der Waals surface area (Å²) in [5, 5.41) is 16.4. The van der Waals surface area contributed by atoms with E-state index in [9.17, 15) is 9.90 Å². The van der Waals surface area contributed by atoms with Crippen LogP contribution in [0.2, 0.25) is 0 Å². The first kappa shape index (κ1) is 14.6. The van der Waals surface area contributed by atoms with Gasteiger partial charge in [-0.1, -0.05) is 12.1 Å². The van der Waals surface area contributed by atoms with Gasteiger partial charge < -0.3 is 15.3 Å². The summed E-state index contributed by atoms with van der Waals surface area (Å²) < 4.78 is 0. The molecule has 1 aromatic heterocycles. The van der Waals surface area contributed by atoms with Gasteiger partial charge in [-0.05, 0) is 47.0 Å². The third-order valence-electron chi connectivity index (χ3n) is 2.97. The third kappa shape index (κ3) is 3.82. The number of urea groups is 1. The van der Waals surface area contributed by atoms with Crippen LogP contribution in [0.25, 0.3) is 0 Å². The maximum Gasteiger partial charge on any atom is 0.321 e. The molecular weight excluding hydrogens is 272 g/mol. The number of aliphatic hydroxyl groups excluding tert-OH is 1. The molecule has 0 saturated carbocycles. The number of rotatable bonds is 4. The van der Waals surface area contributed by atoms with Gasteiger partial charge >= 0.3 is 6.03 Å². The molecule has 106 valence electrons. The van der Waals surface area contributed by atoms with Crippen LogP contribution in [0.1, 0.15) is 24.2 Å². The quantitative estimate of drug-likeness (QED) is 0.906. The monoisotopic (exact) mass is 290 g/mol. The second-order valence-electron chi connectivity index (χ2n) is 4.72. The molecule has 0 aliphatic carbocycles. The van der Waals surface area contributed by atoms with E-state index in [1.54, 1.807) is 36.3 Å². The molecule has 0 aliphatic rings. The molecule has 1 aromatic carbocycles. The Morgan fingerprint density at radius 3 is 2.90 bits per heavy atom. The predicted molar refractivity (Wildman–Crippen MR) is 81.9 cm³/mol. The Balaban J connectivity index is 1.98. The Labute approximate surface area is 122 Å². The van der Waals surface area contributed by atoms with Crippen molar-refractivity contribution in [2.45, 2.75) is 19.6 Å². The van der Waals surface area contributed by atoms with Gasteiger partial charge in [0.1, 0.15) is 0 Å². The van der Waals surface area contributed by atoms with Crippen LogP contribution in [-0.4, -0.2) is 23.1 Å². The van der Waals surface area contributed by atoms with Gasteiger partial charge in [0.25, 0.3) is 0 Å². The van der Waals surface area contributed by atoms with Crippen molar-refractivity contribution < 1.29 is 9.90 Å². The minimum absolute atomic E-state index is 0.168. The molecule has 0 fully saturated rings. The number of thiophene rings is 1. The largest absolute Gasteiger partial charge is 0.389 e. The fourth-order valence-electron chi connectivity index (χ4n) is 1.82. The molecule has 0 saturated heterocycles. The summed E-state index contributed by atoms with van der Waals surface area (Å²) in [4.78, 5) is 13.7. The summed E-state index contributed by atoms with van der Waals surface area (Å²) in [6, 6.07) is 9.07. The van der Waals surface area contributed by atoms with E-state index in [0.29, 0.717) is 12.2 Å². The zero-order chi connectivity index (χ0) is 14.5. The fourth-order valence-corrected chi connectivity index (χ4v) is 2.48. The van der Waals surface area contributed by atoms with Gasteiger partial charge in [-0.3, -0.25) is 0 Å². The number of anilines is 1. The van der Waals surface area contributed by atoms with Gasteiger partial charge in [0.15, 0.2) is 0 Å². The maximum absolute atomic E-state index is 12.1. The average Bonchev–Trinajstić information content (AvgIpc) is 2.91. The zero-order valence-corrected chi connectivity index (χ0v) is 12.4. The molecule has 5 heteroatoms. The van der Waals surface area contributed by atoms with Crippen LogP contribution < -0.4 is 5.32 Å². The number of carbonyl (C=O) groups is 1. The first-order chi connectivity index (χ1) is 9.56. The molecule has 20 heavy (non-hydrogen) atoms. The predicted octanol–water partition coefficient (Wildman–Crippen LogP) is 3.47. The van der Waals surface area contributed by atoms with Crippen molar-refractivity contribution in [2.24, 2.45) is 0 Å². The van der Waals surface area contributed by atoms with Crippen LogP contribution in [0.5, 0.6) is 0 Å². The van der Waals surface area contributed by atoms with Crippen LogP contribution in [0.4, 0.5) is 10.5 Å². The Bertz CT molecular complexity index is 567. The van der Waals surface area contributed by atoms with Gasteiger partial charge in [0.05, 0.1) is 6.10 Å². The molecule has 0 radical (unpaired) electrons. The highest BCUT2D eigenvalue weighted by Gasteiger charge is 2.10. The maximum atomic E-state index is 12.1. The Kier molecular flexibility index (Phi) is 4.76. The highest BCUT2D eigenvalue weighted by Crippen LogP contribution is 2.17. The molecule has 2 amide bonds. The highest BCUT2D eigenvalue weighted by atomic mass is 32.1. The minimum atomic E-state index is -0.546. The second kappa shape index (κ2) is 6.54. The topological polar surface area (TPSA) is 52.6 Å². The summed E-state index contributed by atoms with van der Waals surface area (Å²) in [5.74, 6) is 0. The number of benzene rings is 1. The van der Waals surface area contributed by atoms with Gasteiger partial charge in [-0.25, -0.2) is 4.79 Å². The summed E-state index contributed by atoms with van der Waals surface area (Å²) in [5.41, 5.74) is 2.58. The van der Waals surface area contributed by atoms with Crippen LogP contribution >= 0.6 is 11.3 Å². The fraction of sp³-hybridized carbons (Fsp3) is 0.267. The van der Waals surface area contributed by atoms with Crippen LogP contribution in [0.3, 0.4) is 0 Å². The van der Waals surface area contributed by atoms with Crippen molar-refractivity contribution in [1.82, 2.24) is 4.90 Å². The number of hydrogen-bond acceptors (Lipinski definition) is 3. The number of aliphatic hydroxyl groups is 1. The molecule has 1 atom stereocenters. The average molecular weight is 290 g/mol. The smallest absolute Gasteiger partial charge is 0.321 e. The first-order valence-electron chi connectivity index (χ1n) is 6.37. The molecule has 0 bridgehead atoms. The summed E-state index contributed by atoms with van der Waals surface area (Å²) in [6.07, 6.45) is -0.546.